The van der Waals surface area contributed by atoms with Crippen molar-refractivity contribution in [1.82, 2.24) is 15.1 Å². The summed E-state index contributed by atoms with van der Waals surface area (Å²) in [6.45, 7) is 2.21. The molecule has 2 saturated heterocycles. The molecule has 3 heterocycles. The number of carbonyl (C=O) groups is 1. The maximum absolute atomic E-state index is 12.1. The molecule has 7 heteroatoms. The van der Waals surface area contributed by atoms with Crippen molar-refractivity contribution in [3.63, 3.8) is 0 Å². The summed E-state index contributed by atoms with van der Waals surface area (Å²) in [5, 5.41) is 8.30. The molecule has 0 aromatic carbocycles. The van der Waals surface area contributed by atoms with E-state index in [9.17, 15) is 4.79 Å². The van der Waals surface area contributed by atoms with Crippen LogP contribution in [0, 0.1) is 0 Å². The maximum atomic E-state index is 12.1. The van der Waals surface area contributed by atoms with E-state index in [1.165, 1.54) is 0 Å². The van der Waals surface area contributed by atoms with Gasteiger partial charge >= 0.3 is 6.09 Å². The Bertz CT molecular complexity index is 540. The molecule has 2 fully saturated rings. The normalized spacial score (nSPS) is 27.9. The quantitative estimate of drug-likeness (QED) is 0.840. The molecule has 0 spiro atoms. The van der Waals surface area contributed by atoms with Gasteiger partial charge in [-0.1, -0.05) is 23.2 Å². The van der Waals surface area contributed by atoms with E-state index in [2.05, 4.69) is 10.2 Å². The number of nitrogens with zero attached hydrogens (tertiary/aromatic N) is 3. The Balaban J connectivity index is 1.87. The van der Waals surface area contributed by atoms with E-state index < -0.39 is 0 Å². The number of halogens is 2. The van der Waals surface area contributed by atoms with Gasteiger partial charge in [0.25, 0.3) is 0 Å². The van der Waals surface area contributed by atoms with Gasteiger partial charge in [-0.3, -0.25) is 0 Å². The largest absolute Gasteiger partial charge is 0.450 e. The number of carbonyl (C=O) groups excluding carboxylic acids is 1. The van der Waals surface area contributed by atoms with Gasteiger partial charge in [0.15, 0.2) is 10.3 Å². The molecule has 2 bridgehead atoms. The molecule has 0 aliphatic carbocycles. The molecule has 2 aliphatic heterocycles. The summed E-state index contributed by atoms with van der Waals surface area (Å²) in [4.78, 5) is 13.9. The highest BCUT2D eigenvalue weighted by Gasteiger charge is 2.50. The molecular formula is C13H15Cl2N3O2. The summed E-state index contributed by atoms with van der Waals surface area (Å²) in [7, 11) is 0. The summed E-state index contributed by atoms with van der Waals surface area (Å²) >= 11 is 12.0. The summed E-state index contributed by atoms with van der Waals surface area (Å²) < 4.78 is 5.14. The van der Waals surface area contributed by atoms with Gasteiger partial charge in [-0.15, -0.1) is 10.2 Å². The zero-order valence-corrected chi connectivity index (χ0v) is 12.6. The van der Waals surface area contributed by atoms with Crippen LogP contribution in [0.3, 0.4) is 0 Å². The summed E-state index contributed by atoms with van der Waals surface area (Å²) in [6, 6.07) is 2.11. The molecule has 3 rings (SSSR count). The highest BCUT2D eigenvalue weighted by Crippen LogP contribution is 2.48. The Morgan fingerprint density at radius 2 is 2.25 bits per heavy atom. The smallest absolute Gasteiger partial charge is 0.410 e. The zero-order valence-electron chi connectivity index (χ0n) is 11.1. The van der Waals surface area contributed by atoms with Gasteiger partial charge in [0, 0.05) is 18.0 Å². The molecule has 1 aromatic heterocycles. The highest BCUT2D eigenvalue weighted by molar-refractivity contribution is 6.31. The minimum atomic E-state index is -0.230. The molecule has 5 nitrogen and oxygen atoms in total. The molecule has 2 unspecified atom stereocenters. The SMILES string of the molecule is CCOC(=O)N1C2CC[C@@H]1CC2c1cc(Cl)nnc1Cl. The number of hydrogen-bond acceptors (Lipinski definition) is 4. The van der Waals surface area contributed by atoms with Crippen LogP contribution in [0.25, 0.3) is 0 Å². The van der Waals surface area contributed by atoms with Crippen LogP contribution in [0.2, 0.25) is 10.3 Å². The Labute approximate surface area is 127 Å². The molecule has 3 atom stereocenters. The van der Waals surface area contributed by atoms with Gasteiger partial charge in [-0.05, 0) is 37.8 Å². The van der Waals surface area contributed by atoms with Crippen LogP contribution in [-0.2, 0) is 4.74 Å². The molecule has 108 valence electrons. The van der Waals surface area contributed by atoms with Crippen LogP contribution in [0.1, 0.15) is 37.7 Å². The topological polar surface area (TPSA) is 55.3 Å². The van der Waals surface area contributed by atoms with E-state index in [0.717, 1.165) is 24.8 Å². The summed E-state index contributed by atoms with van der Waals surface area (Å²) in [5.41, 5.74) is 0.883. The van der Waals surface area contributed by atoms with Crippen molar-refractivity contribution in [2.24, 2.45) is 0 Å². The summed E-state index contributed by atoms with van der Waals surface area (Å²) in [5.74, 6) is 0.165. The first-order chi connectivity index (χ1) is 9.61. The fourth-order valence-electron chi connectivity index (χ4n) is 3.43. The predicted octanol–water partition coefficient (Wildman–Crippen LogP) is 3.26. The van der Waals surface area contributed by atoms with Crippen molar-refractivity contribution in [2.45, 2.75) is 44.2 Å². The maximum Gasteiger partial charge on any atom is 0.410 e. The van der Waals surface area contributed by atoms with Crippen molar-refractivity contribution in [3.05, 3.63) is 21.9 Å². The average Bonchev–Trinajstić information content (AvgIpc) is 2.99. The second kappa shape index (κ2) is 5.37. The van der Waals surface area contributed by atoms with Gasteiger partial charge < -0.3 is 9.64 Å². The second-order valence-electron chi connectivity index (χ2n) is 5.16. The van der Waals surface area contributed by atoms with Crippen molar-refractivity contribution >= 4 is 29.3 Å². The fourth-order valence-corrected chi connectivity index (χ4v) is 3.82. The van der Waals surface area contributed by atoms with Crippen LogP contribution in [0.5, 0.6) is 0 Å². The van der Waals surface area contributed by atoms with Crippen LogP contribution >= 0.6 is 23.2 Å². The average molecular weight is 316 g/mol. The number of aromatic nitrogens is 2. The van der Waals surface area contributed by atoms with Gasteiger partial charge in [0.05, 0.1) is 6.61 Å². The van der Waals surface area contributed by atoms with E-state index in [0.29, 0.717) is 16.9 Å². The van der Waals surface area contributed by atoms with Crippen LogP contribution in [0.4, 0.5) is 4.79 Å². The van der Waals surface area contributed by atoms with E-state index in [4.69, 9.17) is 27.9 Å². The lowest BCUT2D eigenvalue weighted by atomic mass is 9.85. The zero-order chi connectivity index (χ0) is 14.3. The highest BCUT2D eigenvalue weighted by atomic mass is 35.5. The van der Waals surface area contributed by atoms with E-state index >= 15 is 0 Å². The summed E-state index contributed by atoms with van der Waals surface area (Å²) in [6.07, 6.45) is 2.63. The van der Waals surface area contributed by atoms with Crippen molar-refractivity contribution in [2.75, 3.05) is 6.61 Å². The Hall–Kier alpha value is -1.07. The van der Waals surface area contributed by atoms with Gasteiger partial charge in [0.1, 0.15) is 0 Å². The first kappa shape index (κ1) is 13.9. The third-order valence-electron chi connectivity index (χ3n) is 4.16. The fraction of sp³-hybridized carbons (Fsp3) is 0.615. The lowest BCUT2D eigenvalue weighted by Gasteiger charge is -2.24. The number of rotatable bonds is 2. The minimum absolute atomic E-state index is 0.122. The number of fused-ring (bicyclic) bond motifs is 2. The number of amides is 1. The van der Waals surface area contributed by atoms with Crippen LogP contribution in [0.15, 0.2) is 6.07 Å². The molecule has 0 saturated carbocycles. The van der Waals surface area contributed by atoms with Crippen molar-refractivity contribution in [3.8, 4) is 0 Å². The second-order valence-corrected chi connectivity index (χ2v) is 5.91. The predicted molar refractivity (Wildman–Crippen MR) is 75.1 cm³/mol. The molecular weight excluding hydrogens is 301 g/mol. The number of hydrogen-bond donors (Lipinski definition) is 0. The van der Waals surface area contributed by atoms with Crippen LogP contribution in [-0.4, -0.2) is 39.9 Å². The number of ether oxygens (including phenoxy) is 1. The first-order valence-electron chi connectivity index (χ1n) is 6.75. The molecule has 1 amide bonds. The lowest BCUT2D eigenvalue weighted by Crippen LogP contribution is -2.36. The molecule has 0 radical (unpaired) electrons. The molecule has 0 N–H and O–H groups in total. The monoisotopic (exact) mass is 315 g/mol. The van der Waals surface area contributed by atoms with Gasteiger partial charge in [-0.2, -0.15) is 0 Å². The Morgan fingerprint density at radius 1 is 1.45 bits per heavy atom. The van der Waals surface area contributed by atoms with E-state index in [-0.39, 0.29) is 24.1 Å². The van der Waals surface area contributed by atoms with Gasteiger partial charge in [-0.25, -0.2) is 4.79 Å². The lowest BCUT2D eigenvalue weighted by molar-refractivity contribution is 0.101. The molecule has 2 aliphatic rings. The Kier molecular flexibility index (Phi) is 3.73. The minimum Gasteiger partial charge on any atom is -0.450 e. The van der Waals surface area contributed by atoms with Crippen molar-refractivity contribution in [1.29, 1.82) is 0 Å². The van der Waals surface area contributed by atoms with E-state index in [1.54, 1.807) is 6.07 Å². The van der Waals surface area contributed by atoms with Crippen LogP contribution < -0.4 is 0 Å². The third-order valence-corrected chi connectivity index (χ3v) is 4.64. The molecule has 1 aromatic rings. The van der Waals surface area contributed by atoms with Gasteiger partial charge in [0.2, 0.25) is 0 Å². The van der Waals surface area contributed by atoms with E-state index in [1.807, 2.05) is 11.8 Å². The standard InChI is InChI=1S/C13H15Cl2N3O2/c1-2-20-13(19)18-7-3-4-10(18)8(5-7)9-6-11(14)16-17-12(9)15/h6-8,10H,2-5H2,1H3/t7-,8?,10?/m1/s1. The van der Waals surface area contributed by atoms with Crippen molar-refractivity contribution < 1.29 is 9.53 Å². The third kappa shape index (κ3) is 2.23. The molecule has 20 heavy (non-hydrogen) atoms. The Morgan fingerprint density at radius 3 is 3.00 bits per heavy atom. The first-order valence-corrected chi connectivity index (χ1v) is 7.51.